The lowest BCUT2D eigenvalue weighted by Crippen LogP contribution is -2.06. The Hall–Kier alpha value is -3.48. The molecule has 0 aliphatic heterocycles. The molecule has 0 saturated heterocycles. The van der Waals surface area contributed by atoms with E-state index in [-0.39, 0.29) is 5.97 Å². The molecule has 0 spiro atoms. The minimum Gasteiger partial charge on any atom is -0.465 e. The van der Waals surface area contributed by atoms with E-state index in [4.69, 9.17) is 4.74 Å². The van der Waals surface area contributed by atoms with E-state index in [2.05, 4.69) is 20.4 Å². The van der Waals surface area contributed by atoms with Gasteiger partial charge >= 0.3 is 5.97 Å². The quantitative estimate of drug-likeness (QED) is 0.572. The lowest BCUT2D eigenvalue weighted by molar-refractivity contribution is 0.0603. The summed E-state index contributed by atoms with van der Waals surface area (Å²) in [6.07, 6.45) is 3.23. The van der Waals surface area contributed by atoms with Gasteiger partial charge in [-0.1, -0.05) is 30.3 Å². The fraction of sp³-hybridized carbons (Fsp3) is 0.158. The summed E-state index contributed by atoms with van der Waals surface area (Å²) >= 11 is 0. The topological polar surface area (TPSA) is 81.9 Å². The molecule has 0 aliphatic carbocycles. The number of aromatic nitrogens is 4. The first-order valence-electron chi connectivity index (χ1n) is 8.14. The van der Waals surface area contributed by atoms with Gasteiger partial charge in [0, 0.05) is 13.6 Å². The molecule has 0 atom stereocenters. The van der Waals surface area contributed by atoms with Gasteiger partial charge in [-0.3, -0.25) is 4.68 Å². The second-order valence-corrected chi connectivity index (χ2v) is 5.89. The maximum Gasteiger partial charge on any atom is 0.338 e. The van der Waals surface area contributed by atoms with Crippen molar-refractivity contribution in [3.8, 4) is 0 Å². The number of hydrogen-bond donors (Lipinski definition) is 1. The Morgan fingerprint density at radius 2 is 1.96 bits per heavy atom. The van der Waals surface area contributed by atoms with Gasteiger partial charge in [-0.05, 0) is 22.4 Å². The van der Waals surface area contributed by atoms with Crippen molar-refractivity contribution in [2.75, 3.05) is 12.4 Å². The lowest BCUT2D eigenvalue weighted by atomic mass is 10.00. The van der Waals surface area contributed by atoms with Crippen molar-refractivity contribution in [1.29, 1.82) is 0 Å². The first kappa shape index (κ1) is 16.0. The van der Waals surface area contributed by atoms with Crippen LogP contribution in [0.3, 0.4) is 0 Å². The van der Waals surface area contributed by atoms with Gasteiger partial charge in [0.1, 0.15) is 17.4 Å². The van der Waals surface area contributed by atoms with Crippen molar-refractivity contribution in [3.05, 3.63) is 60.0 Å². The second kappa shape index (κ2) is 6.44. The molecule has 0 saturated carbocycles. The molecule has 0 amide bonds. The standard InChI is InChI=1S/C19H17N5O2/c1-24-17-16(10-23-24)21-11-22-18(17)20-9-12-5-3-7-14-13(12)6-4-8-15(14)19(25)26-2/h3-8,10-11H,9H2,1-2H3,(H,20,21,22). The Morgan fingerprint density at radius 1 is 1.15 bits per heavy atom. The monoisotopic (exact) mass is 347 g/mol. The molecule has 0 fully saturated rings. The Kier molecular flexibility index (Phi) is 3.96. The van der Waals surface area contributed by atoms with Crippen molar-refractivity contribution >= 4 is 33.6 Å². The minimum atomic E-state index is -0.340. The summed E-state index contributed by atoms with van der Waals surface area (Å²) in [5, 5.41) is 9.45. The van der Waals surface area contributed by atoms with Crippen LogP contribution < -0.4 is 5.32 Å². The molecule has 7 heteroatoms. The third-order valence-electron chi connectivity index (χ3n) is 4.39. The number of anilines is 1. The van der Waals surface area contributed by atoms with Crippen LogP contribution in [0.1, 0.15) is 15.9 Å². The highest BCUT2D eigenvalue weighted by Crippen LogP contribution is 2.25. The fourth-order valence-corrected chi connectivity index (χ4v) is 3.13. The van der Waals surface area contributed by atoms with Gasteiger partial charge in [-0.25, -0.2) is 14.8 Å². The van der Waals surface area contributed by atoms with Gasteiger partial charge < -0.3 is 10.1 Å². The van der Waals surface area contributed by atoms with Crippen molar-refractivity contribution in [2.24, 2.45) is 7.05 Å². The minimum absolute atomic E-state index is 0.340. The van der Waals surface area contributed by atoms with E-state index >= 15 is 0 Å². The molecule has 0 aliphatic rings. The molecular weight excluding hydrogens is 330 g/mol. The van der Waals surface area contributed by atoms with Crippen molar-refractivity contribution < 1.29 is 9.53 Å². The number of carbonyl (C=O) groups excluding carboxylic acids is 1. The van der Waals surface area contributed by atoms with Crippen molar-refractivity contribution in [3.63, 3.8) is 0 Å². The van der Waals surface area contributed by atoms with Crippen molar-refractivity contribution in [2.45, 2.75) is 6.54 Å². The highest BCUT2D eigenvalue weighted by atomic mass is 16.5. The Bertz CT molecular complexity index is 1120. The molecule has 7 nitrogen and oxygen atoms in total. The maximum atomic E-state index is 12.0. The van der Waals surface area contributed by atoms with Gasteiger partial charge in [0.25, 0.3) is 0 Å². The molecular formula is C19H17N5O2. The maximum absolute atomic E-state index is 12.0. The molecule has 0 unspecified atom stereocenters. The first-order valence-corrected chi connectivity index (χ1v) is 8.14. The zero-order valence-corrected chi connectivity index (χ0v) is 14.4. The lowest BCUT2D eigenvalue weighted by Gasteiger charge is -2.11. The Morgan fingerprint density at radius 3 is 2.81 bits per heavy atom. The van der Waals surface area contributed by atoms with Crippen LogP contribution in [0.4, 0.5) is 5.82 Å². The molecule has 4 rings (SSSR count). The summed E-state index contributed by atoms with van der Waals surface area (Å²) < 4.78 is 6.63. The van der Waals surface area contributed by atoms with Crippen LogP contribution in [0.25, 0.3) is 21.8 Å². The van der Waals surface area contributed by atoms with E-state index in [1.165, 1.54) is 13.4 Å². The van der Waals surface area contributed by atoms with E-state index in [0.717, 1.165) is 33.2 Å². The smallest absolute Gasteiger partial charge is 0.338 e. The number of fused-ring (bicyclic) bond motifs is 2. The summed E-state index contributed by atoms with van der Waals surface area (Å²) in [7, 11) is 3.25. The van der Waals surface area contributed by atoms with Crippen LogP contribution in [0, 0.1) is 0 Å². The van der Waals surface area contributed by atoms with Crippen LogP contribution in [0.2, 0.25) is 0 Å². The fourth-order valence-electron chi connectivity index (χ4n) is 3.13. The predicted molar refractivity (Wildman–Crippen MR) is 98.9 cm³/mol. The van der Waals surface area contributed by atoms with E-state index in [0.29, 0.717) is 12.1 Å². The average Bonchev–Trinajstić information content (AvgIpc) is 3.07. The van der Waals surface area contributed by atoms with Crippen LogP contribution in [-0.2, 0) is 18.3 Å². The third-order valence-corrected chi connectivity index (χ3v) is 4.39. The van der Waals surface area contributed by atoms with E-state index < -0.39 is 0 Å². The van der Waals surface area contributed by atoms with Crippen LogP contribution in [-0.4, -0.2) is 32.8 Å². The number of carbonyl (C=O) groups is 1. The normalized spacial score (nSPS) is 11.0. The molecule has 0 radical (unpaired) electrons. The van der Waals surface area contributed by atoms with E-state index in [1.807, 2.05) is 37.4 Å². The molecule has 26 heavy (non-hydrogen) atoms. The SMILES string of the molecule is COC(=O)c1cccc2c(CNc3ncnc4cnn(C)c34)cccc12. The average molecular weight is 347 g/mol. The molecule has 2 aromatic carbocycles. The van der Waals surface area contributed by atoms with Gasteiger partial charge in [-0.2, -0.15) is 5.10 Å². The number of ether oxygens (including phenoxy) is 1. The first-order chi connectivity index (χ1) is 12.7. The molecule has 130 valence electrons. The molecule has 4 aromatic rings. The van der Waals surface area contributed by atoms with E-state index in [9.17, 15) is 4.79 Å². The number of hydrogen-bond acceptors (Lipinski definition) is 6. The summed E-state index contributed by atoms with van der Waals surface area (Å²) in [4.78, 5) is 20.6. The predicted octanol–water partition coefficient (Wildman–Crippen LogP) is 2.92. The largest absolute Gasteiger partial charge is 0.465 e. The molecule has 0 bridgehead atoms. The van der Waals surface area contributed by atoms with Crippen LogP contribution >= 0.6 is 0 Å². The van der Waals surface area contributed by atoms with Gasteiger partial charge in [0.2, 0.25) is 0 Å². The molecule has 2 heterocycles. The van der Waals surface area contributed by atoms with Crippen LogP contribution in [0.5, 0.6) is 0 Å². The number of nitrogens with zero attached hydrogens (tertiary/aromatic N) is 4. The summed E-state index contributed by atoms with van der Waals surface area (Å²) in [5.74, 6) is 0.379. The number of methoxy groups -OCH3 is 1. The third kappa shape index (κ3) is 2.63. The number of aryl methyl sites for hydroxylation is 1. The number of esters is 1. The van der Waals surface area contributed by atoms with Gasteiger partial charge in [-0.15, -0.1) is 0 Å². The zero-order chi connectivity index (χ0) is 18.1. The highest BCUT2D eigenvalue weighted by molar-refractivity contribution is 6.05. The Balaban J connectivity index is 1.72. The van der Waals surface area contributed by atoms with E-state index in [1.54, 1.807) is 16.9 Å². The molecule has 1 N–H and O–H groups in total. The highest BCUT2D eigenvalue weighted by Gasteiger charge is 2.12. The summed E-state index contributed by atoms with van der Waals surface area (Å²) in [5.41, 5.74) is 3.25. The van der Waals surface area contributed by atoms with Crippen LogP contribution in [0.15, 0.2) is 48.9 Å². The van der Waals surface area contributed by atoms with Crippen molar-refractivity contribution in [1.82, 2.24) is 19.7 Å². The number of benzene rings is 2. The summed E-state index contributed by atoms with van der Waals surface area (Å²) in [6, 6.07) is 11.5. The molecule has 2 aromatic heterocycles. The number of nitrogens with one attached hydrogen (secondary N) is 1. The zero-order valence-electron chi connectivity index (χ0n) is 14.4. The van der Waals surface area contributed by atoms with Gasteiger partial charge in [0.15, 0.2) is 5.82 Å². The summed E-state index contributed by atoms with van der Waals surface area (Å²) in [6.45, 7) is 0.555. The Labute approximate surface area is 149 Å². The van der Waals surface area contributed by atoms with Gasteiger partial charge in [0.05, 0.1) is 18.9 Å². The second-order valence-electron chi connectivity index (χ2n) is 5.89. The number of rotatable bonds is 4.